The molecule has 2 aliphatic carbocycles. The van der Waals surface area contributed by atoms with Gasteiger partial charge in [-0.1, -0.05) is 12.1 Å². The van der Waals surface area contributed by atoms with Gasteiger partial charge in [-0.25, -0.2) is 0 Å². The molecule has 1 aromatic rings. The fraction of sp³-hybridized carbons (Fsp3) is 0.720. The minimum absolute atomic E-state index is 0.237. The van der Waals surface area contributed by atoms with Gasteiger partial charge in [-0.2, -0.15) is 0 Å². The Bertz CT molecular complexity index is 926. The predicted octanol–water partition coefficient (Wildman–Crippen LogP) is 3.09. The molecule has 0 unspecified atom stereocenters. The van der Waals surface area contributed by atoms with Crippen molar-refractivity contribution in [1.82, 2.24) is 4.90 Å². The van der Waals surface area contributed by atoms with Gasteiger partial charge in [0, 0.05) is 30.9 Å². The van der Waals surface area contributed by atoms with Crippen molar-refractivity contribution in [1.29, 1.82) is 0 Å². The highest BCUT2D eigenvalue weighted by Gasteiger charge is 2.55. The van der Waals surface area contributed by atoms with Crippen LogP contribution in [0.1, 0.15) is 66.4 Å². The molecular formula is C25H35BN2O3. The van der Waals surface area contributed by atoms with Gasteiger partial charge in [0.05, 0.1) is 16.6 Å². The van der Waals surface area contributed by atoms with Gasteiger partial charge in [-0.05, 0) is 89.7 Å². The third-order valence-corrected chi connectivity index (χ3v) is 9.21. The smallest absolute Gasteiger partial charge is 0.399 e. The summed E-state index contributed by atoms with van der Waals surface area (Å²) in [5.41, 5.74) is 1.97. The highest BCUT2D eigenvalue weighted by atomic mass is 16.7. The lowest BCUT2D eigenvalue weighted by Gasteiger charge is -2.46. The lowest BCUT2D eigenvalue weighted by Crippen LogP contribution is -2.56. The van der Waals surface area contributed by atoms with Crippen molar-refractivity contribution in [3.8, 4) is 0 Å². The summed E-state index contributed by atoms with van der Waals surface area (Å²) in [6.07, 6.45) is 3.64. The van der Waals surface area contributed by atoms with Crippen molar-refractivity contribution in [3.63, 3.8) is 0 Å². The van der Waals surface area contributed by atoms with Crippen molar-refractivity contribution in [3.05, 3.63) is 23.8 Å². The maximum Gasteiger partial charge on any atom is 0.494 e. The molecule has 1 aromatic carbocycles. The number of carbonyl (C=O) groups excluding carboxylic acids is 1. The molecule has 166 valence electrons. The molecule has 0 aromatic heterocycles. The first-order valence-corrected chi connectivity index (χ1v) is 12.1. The van der Waals surface area contributed by atoms with Gasteiger partial charge in [0.25, 0.3) is 0 Å². The van der Waals surface area contributed by atoms with Gasteiger partial charge in [-0.3, -0.25) is 9.69 Å². The molecule has 2 saturated carbocycles. The van der Waals surface area contributed by atoms with Gasteiger partial charge in [0.15, 0.2) is 0 Å². The van der Waals surface area contributed by atoms with Crippen molar-refractivity contribution in [2.75, 3.05) is 18.0 Å². The molecule has 5 nitrogen and oxygen atoms in total. The van der Waals surface area contributed by atoms with Crippen molar-refractivity contribution < 1.29 is 14.1 Å². The van der Waals surface area contributed by atoms with Gasteiger partial charge in [-0.15, -0.1) is 0 Å². The molecule has 31 heavy (non-hydrogen) atoms. The van der Waals surface area contributed by atoms with E-state index in [1.807, 2.05) is 0 Å². The molecule has 0 radical (unpaired) electrons. The van der Waals surface area contributed by atoms with E-state index in [4.69, 9.17) is 9.31 Å². The average Bonchev–Trinajstić information content (AvgIpc) is 3.11. The van der Waals surface area contributed by atoms with E-state index < -0.39 is 12.5 Å². The second-order valence-electron chi connectivity index (χ2n) is 12.2. The summed E-state index contributed by atoms with van der Waals surface area (Å²) < 4.78 is 12.6. The normalized spacial score (nSPS) is 37.0. The van der Waals surface area contributed by atoms with Crippen LogP contribution in [0.3, 0.4) is 0 Å². The molecule has 2 atom stereocenters. The summed E-state index contributed by atoms with van der Waals surface area (Å²) in [7, 11) is -0.401. The van der Waals surface area contributed by atoms with Crippen molar-refractivity contribution >= 4 is 24.2 Å². The fourth-order valence-corrected chi connectivity index (χ4v) is 6.09. The zero-order valence-electron chi connectivity index (χ0n) is 19.8. The van der Waals surface area contributed by atoms with E-state index in [2.05, 4.69) is 69.5 Å². The van der Waals surface area contributed by atoms with Crippen LogP contribution in [0.5, 0.6) is 0 Å². The molecule has 2 saturated heterocycles. The Hall–Kier alpha value is -1.37. The topological polar surface area (TPSA) is 42.0 Å². The fourth-order valence-electron chi connectivity index (χ4n) is 6.09. The third-order valence-electron chi connectivity index (χ3n) is 9.21. The van der Waals surface area contributed by atoms with E-state index in [9.17, 15) is 4.79 Å². The number of amides is 1. The summed E-state index contributed by atoms with van der Waals surface area (Å²) in [4.78, 5) is 18.3. The number of hydrogen-bond acceptors (Lipinski definition) is 4. The van der Waals surface area contributed by atoms with Crippen LogP contribution in [0.25, 0.3) is 0 Å². The number of likely N-dealkylation sites (tertiary alicyclic amines) is 1. The number of carbonyl (C=O) groups is 1. The van der Waals surface area contributed by atoms with E-state index in [0.717, 1.165) is 41.4 Å². The van der Waals surface area contributed by atoms with Gasteiger partial charge >= 0.3 is 7.12 Å². The summed E-state index contributed by atoms with van der Waals surface area (Å²) in [5.74, 6) is 2.17. The summed E-state index contributed by atoms with van der Waals surface area (Å²) in [6.45, 7) is 15.0. The van der Waals surface area contributed by atoms with Gasteiger partial charge < -0.3 is 14.2 Å². The SMILES string of the molecule is CC1(C)C(=O)N(C2CC(N3C[C@H]4C[C@@H]4C3)C2)c2cc(B3OC(C)(C)C(C)(C)O3)ccc21. The van der Waals surface area contributed by atoms with Crippen LogP contribution in [-0.2, 0) is 19.5 Å². The maximum atomic E-state index is 13.5. The number of rotatable bonds is 3. The molecular weight excluding hydrogens is 387 g/mol. The van der Waals surface area contributed by atoms with Gasteiger partial charge in [0.1, 0.15) is 0 Å². The van der Waals surface area contributed by atoms with Crippen LogP contribution in [0.15, 0.2) is 18.2 Å². The number of anilines is 1. The zero-order valence-corrected chi connectivity index (χ0v) is 19.8. The number of piperidine rings is 1. The molecule has 1 amide bonds. The molecule has 3 heterocycles. The molecule has 5 aliphatic rings. The van der Waals surface area contributed by atoms with E-state index in [1.165, 1.54) is 19.5 Å². The van der Waals surface area contributed by atoms with Crippen LogP contribution >= 0.6 is 0 Å². The summed E-state index contributed by atoms with van der Waals surface area (Å²) in [6, 6.07) is 7.33. The van der Waals surface area contributed by atoms with Crippen LogP contribution in [0, 0.1) is 11.8 Å². The molecule has 0 bridgehead atoms. The first-order valence-electron chi connectivity index (χ1n) is 12.1. The highest BCUT2D eigenvalue weighted by Crippen LogP contribution is 2.50. The molecule has 3 aliphatic heterocycles. The predicted molar refractivity (Wildman–Crippen MR) is 123 cm³/mol. The van der Waals surface area contributed by atoms with Crippen molar-refractivity contribution in [2.24, 2.45) is 11.8 Å². The Balaban J connectivity index is 1.26. The maximum absolute atomic E-state index is 13.5. The van der Waals surface area contributed by atoms with Crippen LogP contribution in [-0.4, -0.2) is 54.3 Å². The van der Waals surface area contributed by atoms with Crippen LogP contribution in [0.4, 0.5) is 5.69 Å². The largest absolute Gasteiger partial charge is 0.494 e. The van der Waals surface area contributed by atoms with Crippen LogP contribution in [0.2, 0.25) is 0 Å². The average molecular weight is 422 g/mol. The Morgan fingerprint density at radius 2 is 1.52 bits per heavy atom. The number of fused-ring (bicyclic) bond motifs is 2. The molecule has 0 spiro atoms. The van der Waals surface area contributed by atoms with Gasteiger partial charge in [0.2, 0.25) is 5.91 Å². The minimum atomic E-state index is -0.482. The Morgan fingerprint density at radius 3 is 2.13 bits per heavy atom. The zero-order chi connectivity index (χ0) is 21.9. The number of hydrogen-bond donors (Lipinski definition) is 0. The van der Waals surface area contributed by atoms with Crippen molar-refractivity contribution in [2.45, 2.75) is 89.5 Å². The molecule has 6 heteroatoms. The Labute approximate surface area is 186 Å². The Kier molecular flexibility index (Phi) is 4.02. The minimum Gasteiger partial charge on any atom is -0.399 e. The molecule has 0 N–H and O–H groups in total. The Morgan fingerprint density at radius 1 is 0.903 bits per heavy atom. The molecule has 4 fully saturated rings. The standard InChI is InChI=1S/C25H35BN2O3/c1-23(2)20-8-7-17(26-30-24(3,4)25(5,6)31-26)10-21(20)28(22(23)29)19-11-18(12-19)27-13-15-9-16(15)14-27/h7-8,10,15-16,18-19H,9,11-14H2,1-6H3/t15-,16-,18?,19?/m1/s1. The number of nitrogens with zero attached hydrogens (tertiary/aromatic N) is 2. The monoisotopic (exact) mass is 422 g/mol. The van der Waals surface area contributed by atoms with E-state index in [-0.39, 0.29) is 17.1 Å². The number of benzene rings is 1. The van der Waals surface area contributed by atoms with E-state index in [0.29, 0.717) is 12.1 Å². The van der Waals surface area contributed by atoms with E-state index >= 15 is 0 Å². The lowest BCUT2D eigenvalue weighted by atomic mass is 9.76. The first-order chi connectivity index (χ1) is 14.5. The highest BCUT2D eigenvalue weighted by molar-refractivity contribution is 6.62. The summed E-state index contributed by atoms with van der Waals surface area (Å²) >= 11 is 0. The van der Waals surface area contributed by atoms with E-state index in [1.54, 1.807) is 0 Å². The second-order valence-corrected chi connectivity index (χ2v) is 12.2. The quantitative estimate of drug-likeness (QED) is 0.703. The second kappa shape index (κ2) is 6.15. The van der Waals surface area contributed by atoms with Crippen LogP contribution < -0.4 is 10.4 Å². The molecule has 6 rings (SSSR count). The third kappa shape index (κ3) is 2.84. The lowest BCUT2D eigenvalue weighted by molar-refractivity contribution is -0.123. The first kappa shape index (κ1) is 20.3. The summed E-state index contributed by atoms with van der Waals surface area (Å²) in [5, 5.41) is 0.